The first-order valence-corrected chi connectivity index (χ1v) is 9.08. The Balaban J connectivity index is 1.93. The standard InChI is InChI=1S/C16H25BrN2S/c1-16(2)12-19(10-11-20-16)9-8-15(18-3)13-6-4-5-7-14(13)17/h4-7,15,18H,8-12H2,1-3H3. The normalized spacial score (nSPS) is 20.8. The lowest BCUT2D eigenvalue weighted by molar-refractivity contribution is 0.247. The summed E-state index contributed by atoms with van der Waals surface area (Å²) >= 11 is 5.76. The molecule has 1 aliphatic heterocycles. The van der Waals surface area contributed by atoms with E-state index in [9.17, 15) is 0 Å². The molecule has 1 atom stereocenters. The van der Waals surface area contributed by atoms with Gasteiger partial charge in [0.2, 0.25) is 0 Å². The van der Waals surface area contributed by atoms with E-state index in [2.05, 4.69) is 83.1 Å². The van der Waals surface area contributed by atoms with Crippen molar-refractivity contribution in [3.63, 3.8) is 0 Å². The summed E-state index contributed by atoms with van der Waals surface area (Å²) in [5, 5.41) is 3.46. The molecule has 4 heteroatoms. The molecular formula is C16H25BrN2S. The van der Waals surface area contributed by atoms with E-state index in [0.717, 1.165) is 13.0 Å². The molecule has 1 unspecified atom stereocenters. The monoisotopic (exact) mass is 356 g/mol. The Morgan fingerprint density at radius 3 is 2.80 bits per heavy atom. The van der Waals surface area contributed by atoms with Gasteiger partial charge >= 0.3 is 0 Å². The van der Waals surface area contributed by atoms with Crippen molar-refractivity contribution in [2.45, 2.75) is 31.1 Å². The Hall–Kier alpha value is -0.0300. The Morgan fingerprint density at radius 1 is 1.40 bits per heavy atom. The summed E-state index contributed by atoms with van der Waals surface area (Å²) < 4.78 is 1.61. The van der Waals surface area contributed by atoms with Crippen LogP contribution in [-0.2, 0) is 0 Å². The van der Waals surface area contributed by atoms with Crippen molar-refractivity contribution >= 4 is 27.7 Å². The second-order valence-electron chi connectivity index (χ2n) is 6.04. The average Bonchev–Trinajstić information content (AvgIpc) is 2.40. The van der Waals surface area contributed by atoms with Gasteiger partial charge in [0.15, 0.2) is 0 Å². The third-order valence-corrected chi connectivity index (χ3v) is 5.89. The molecule has 1 fully saturated rings. The summed E-state index contributed by atoms with van der Waals surface area (Å²) in [4.78, 5) is 2.61. The first-order valence-electron chi connectivity index (χ1n) is 7.30. The lowest BCUT2D eigenvalue weighted by Gasteiger charge is -2.38. The zero-order chi connectivity index (χ0) is 14.6. The zero-order valence-electron chi connectivity index (χ0n) is 12.7. The fourth-order valence-electron chi connectivity index (χ4n) is 2.83. The first kappa shape index (κ1) is 16.3. The highest BCUT2D eigenvalue weighted by Crippen LogP contribution is 2.30. The molecule has 112 valence electrons. The summed E-state index contributed by atoms with van der Waals surface area (Å²) in [6.07, 6.45) is 1.15. The van der Waals surface area contributed by atoms with Gasteiger partial charge in [-0.3, -0.25) is 0 Å². The van der Waals surface area contributed by atoms with Crippen LogP contribution in [0.25, 0.3) is 0 Å². The second-order valence-corrected chi connectivity index (χ2v) is 8.69. The van der Waals surface area contributed by atoms with Crippen LogP contribution in [0, 0.1) is 0 Å². The SMILES string of the molecule is CNC(CCN1CCSC(C)(C)C1)c1ccccc1Br. The molecular weight excluding hydrogens is 332 g/mol. The molecule has 0 aliphatic carbocycles. The van der Waals surface area contributed by atoms with Crippen LogP contribution in [0.3, 0.4) is 0 Å². The highest BCUT2D eigenvalue weighted by atomic mass is 79.9. The lowest BCUT2D eigenvalue weighted by Crippen LogP contribution is -2.44. The number of hydrogen-bond acceptors (Lipinski definition) is 3. The average molecular weight is 357 g/mol. The van der Waals surface area contributed by atoms with Gasteiger partial charge in [0.05, 0.1) is 0 Å². The second kappa shape index (κ2) is 7.30. The first-order chi connectivity index (χ1) is 9.52. The summed E-state index contributed by atoms with van der Waals surface area (Å²) in [6, 6.07) is 8.94. The van der Waals surface area contributed by atoms with Gasteiger partial charge in [-0.25, -0.2) is 0 Å². The molecule has 0 amide bonds. The molecule has 1 aromatic carbocycles. The molecule has 20 heavy (non-hydrogen) atoms. The maximum Gasteiger partial charge on any atom is 0.0340 e. The van der Waals surface area contributed by atoms with Gasteiger partial charge in [0, 0.05) is 40.6 Å². The number of nitrogens with one attached hydrogen (secondary N) is 1. The van der Waals surface area contributed by atoms with Crippen molar-refractivity contribution < 1.29 is 0 Å². The number of benzene rings is 1. The van der Waals surface area contributed by atoms with Crippen molar-refractivity contribution in [2.24, 2.45) is 0 Å². The molecule has 0 saturated carbocycles. The molecule has 1 aromatic rings. The van der Waals surface area contributed by atoms with Crippen molar-refractivity contribution in [1.29, 1.82) is 0 Å². The van der Waals surface area contributed by atoms with Crippen LogP contribution in [-0.4, -0.2) is 42.1 Å². The third-order valence-electron chi connectivity index (χ3n) is 3.87. The largest absolute Gasteiger partial charge is 0.313 e. The van der Waals surface area contributed by atoms with E-state index in [4.69, 9.17) is 0 Å². The van der Waals surface area contributed by atoms with Gasteiger partial charge in [-0.05, 0) is 38.9 Å². The van der Waals surface area contributed by atoms with Gasteiger partial charge < -0.3 is 10.2 Å². The molecule has 2 nitrogen and oxygen atoms in total. The highest BCUT2D eigenvalue weighted by Gasteiger charge is 2.27. The predicted octanol–water partition coefficient (Wildman–Crippen LogP) is 3.93. The molecule has 0 bridgehead atoms. The number of rotatable bonds is 5. The lowest BCUT2D eigenvalue weighted by atomic mass is 10.0. The van der Waals surface area contributed by atoms with E-state index in [0.29, 0.717) is 10.8 Å². The maximum absolute atomic E-state index is 3.66. The predicted molar refractivity (Wildman–Crippen MR) is 93.5 cm³/mol. The Morgan fingerprint density at radius 2 is 2.15 bits per heavy atom. The fraction of sp³-hybridized carbons (Fsp3) is 0.625. The number of nitrogens with zero attached hydrogens (tertiary/aromatic N) is 1. The summed E-state index contributed by atoms with van der Waals surface area (Å²) in [6.45, 7) is 8.29. The van der Waals surface area contributed by atoms with Crippen LogP contribution < -0.4 is 5.32 Å². The Labute approximate surface area is 135 Å². The van der Waals surface area contributed by atoms with Crippen molar-refractivity contribution in [1.82, 2.24) is 10.2 Å². The van der Waals surface area contributed by atoms with Crippen LogP contribution >= 0.6 is 27.7 Å². The molecule has 1 saturated heterocycles. The van der Waals surface area contributed by atoms with E-state index in [1.807, 2.05) is 0 Å². The molecule has 1 heterocycles. The van der Waals surface area contributed by atoms with Gasteiger partial charge in [-0.1, -0.05) is 34.1 Å². The van der Waals surface area contributed by atoms with Crippen LogP contribution in [0.15, 0.2) is 28.7 Å². The quantitative estimate of drug-likeness (QED) is 0.860. The van der Waals surface area contributed by atoms with E-state index in [1.54, 1.807) is 0 Å². The van der Waals surface area contributed by atoms with Gasteiger partial charge in [-0.15, -0.1) is 0 Å². The van der Waals surface area contributed by atoms with E-state index < -0.39 is 0 Å². The summed E-state index contributed by atoms with van der Waals surface area (Å²) in [5.41, 5.74) is 1.36. The van der Waals surface area contributed by atoms with Crippen molar-refractivity contribution in [2.75, 3.05) is 32.4 Å². The number of thioether (sulfide) groups is 1. The molecule has 1 N–H and O–H groups in total. The summed E-state index contributed by atoms with van der Waals surface area (Å²) in [7, 11) is 2.06. The topological polar surface area (TPSA) is 15.3 Å². The van der Waals surface area contributed by atoms with Crippen molar-refractivity contribution in [3.8, 4) is 0 Å². The number of hydrogen-bond donors (Lipinski definition) is 1. The highest BCUT2D eigenvalue weighted by molar-refractivity contribution is 9.10. The molecule has 0 radical (unpaired) electrons. The van der Waals surface area contributed by atoms with Crippen LogP contribution in [0.5, 0.6) is 0 Å². The minimum absolute atomic E-state index is 0.403. The van der Waals surface area contributed by atoms with Crippen LogP contribution in [0.2, 0.25) is 0 Å². The minimum atomic E-state index is 0.403. The van der Waals surface area contributed by atoms with Crippen molar-refractivity contribution in [3.05, 3.63) is 34.3 Å². The summed E-state index contributed by atoms with van der Waals surface area (Å²) in [5.74, 6) is 1.26. The molecule has 1 aliphatic rings. The zero-order valence-corrected chi connectivity index (χ0v) is 15.1. The minimum Gasteiger partial charge on any atom is -0.313 e. The van der Waals surface area contributed by atoms with Crippen LogP contribution in [0.1, 0.15) is 31.9 Å². The van der Waals surface area contributed by atoms with E-state index >= 15 is 0 Å². The molecule has 2 rings (SSSR count). The van der Waals surface area contributed by atoms with Gasteiger partial charge in [-0.2, -0.15) is 11.8 Å². The van der Waals surface area contributed by atoms with E-state index in [1.165, 1.54) is 28.9 Å². The molecule has 0 aromatic heterocycles. The fourth-order valence-corrected chi connectivity index (χ4v) is 4.57. The Bertz CT molecular complexity index is 436. The van der Waals surface area contributed by atoms with E-state index in [-0.39, 0.29) is 0 Å². The van der Waals surface area contributed by atoms with Crippen LogP contribution in [0.4, 0.5) is 0 Å². The number of halogens is 1. The van der Waals surface area contributed by atoms with Gasteiger partial charge in [0.25, 0.3) is 0 Å². The third kappa shape index (κ3) is 4.48. The smallest absolute Gasteiger partial charge is 0.0340 e. The maximum atomic E-state index is 3.66. The Kier molecular flexibility index (Phi) is 5.96. The van der Waals surface area contributed by atoms with Gasteiger partial charge in [0.1, 0.15) is 0 Å². The molecule has 0 spiro atoms.